The van der Waals surface area contributed by atoms with Gasteiger partial charge in [0.15, 0.2) is 0 Å². The van der Waals surface area contributed by atoms with Crippen molar-refractivity contribution in [2.45, 2.75) is 36.1 Å². The molecule has 4 aromatic rings. The Kier molecular flexibility index (Phi) is 8.02. The number of rotatable bonds is 9. The minimum absolute atomic E-state index is 0.0180. The van der Waals surface area contributed by atoms with Crippen molar-refractivity contribution in [2.24, 2.45) is 11.8 Å². The predicted molar refractivity (Wildman–Crippen MR) is 148 cm³/mol. The van der Waals surface area contributed by atoms with Gasteiger partial charge in [0.1, 0.15) is 15.7 Å². The Morgan fingerprint density at radius 1 is 1.02 bits per heavy atom. The van der Waals surface area contributed by atoms with E-state index in [2.05, 4.69) is 29.7 Å². The van der Waals surface area contributed by atoms with Gasteiger partial charge in [-0.3, -0.25) is 0 Å². The highest BCUT2D eigenvalue weighted by atomic mass is 32.2. The Hall–Kier alpha value is -3.23. The van der Waals surface area contributed by atoms with Crippen LogP contribution in [0.4, 0.5) is 24.9 Å². The lowest BCUT2D eigenvalue weighted by molar-refractivity contribution is -0.155. The molecule has 5 rings (SSSR count). The fraction of sp³-hybridized carbons (Fsp3) is 0.423. The number of sulfonamides is 1. The van der Waals surface area contributed by atoms with E-state index < -0.39 is 22.0 Å². The highest BCUT2D eigenvalue weighted by Crippen LogP contribution is 2.36. The highest BCUT2D eigenvalue weighted by molar-refractivity contribution is 7.91. The third-order valence-corrected chi connectivity index (χ3v) is 10.00. The molecule has 3 heterocycles. The van der Waals surface area contributed by atoms with Crippen LogP contribution < -0.4 is 14.9 Å². The summed E-state index contributed by atoms with van der Waals surface area (Å²) in [6.07, 6.45) is -1.00. The molecule has 3 aromatic heterocycles. The van der Waals surface area contributed by atoms with E-state index in [-0.39, 0.29) is 20.7 Å². The number of hydrogen-bond acceptors (Lipinski definition) is 9. The second-order valence-corrected chi connectivity index (χ2v) is 13.2. The van der Waals surface area contributed by atoms with Crippen molar-refractivity contribution >= 4 is 44.0 Å². The van der Waals surface area contributed by atoms with Gasteiger partial charge in [0.2, 0.25) is 21.7 Å². The molecule has 1 aliphatic rings. The third kappa shape index (κ3) is 6.39. The number of anilines is 2. The second-order valence-electron chi connectivity index (χ2n) is 10.1. The van der Waals surface area contributed by atoms with E-state index in [1.54, 1.807) is 0 Å². The molecular weight excluding hydrogens is 565 g/mol. The lowest BCUT2D eigenvalue weighted by atomic mass is 9.82. The van der Waals surface area contributed by atoms with E-state index in [9.17, 15) is 21.6 Å². The molecule has 1 aliphatic carbocycles. The van der Waals surface area contributed by atoms with E-state index in [1.165, 1.54) is 12.1 Å². The number of halogens is 3. The van der Waals surface area contributed by atoms with Gasteiger partial charge in [0.25, 0.3) is 0 Å². The summed E-state index contributed by atoms with van der Waals surface area (Å²) in [6, 6.07) is 11.4. The number of nitrogens with one attached hydrogen (secondary N) is 2. The first-order valence-corrected chi connectivity index (χ1v) is 15.1. The number of benzene rings is 1. The SMILES string of the molecule is CN(C)c1nc(NC[C@H]2CC[C@H](CNS(=O)(=O)c3ccc(-c4cc(C(F)(F)F)on4)s3)CC2)nc2ccccc12. The quantitative estimate of drug-likeness (QED) is 0.257. The summed E-state index contributed by atoms with van der Waals surface area (Å²) in [6.45, 7) is 1.04. The van der Waals surface area contributed by atoms with Crippen LogP contribution in [-0.2, 0) is 16.2 Å². The Morgan fingerprint density at radius 3 is 2.40 bits per heavy atom. The minimum atomic E-state index is -4.66. The third-order valence-electron chi connectivity index (χ3n) is 6.97. The summed E-state index contributed by atoms with van der Waals surface area (Å²) in [5, 5.41) is 7.80. The lowest BCUT2D eigenvalue weighted by Gasteiger charge is -2.28. The van der Waals surface area contributed by atoms with Crippen LogP contribution in [-0.4, -0.2) is 50.7 Å². The molecule has 0 saturated heterocycles. The van der Waals surface area contributed by atoms with Crippen molar-refractivity contribution in [3.8, 4) is 10.6 Å². The predicted octanol–water partition coefficient (Wildman–Crippen LogP) is 5.63. The van der Waals surface area contributed by atoms with Gasteiger partial charge in [0.05, 0.1) is 10.4 Å². The molecule has 1 saturated carbocycles. The maximum absolute atomic E-state index is 12.8. The zero-order chi connectivity index (χ0) is 28.5. The molecule has 0 aliphatic heterocycles. The molecule has 0 amide bonds. The van der Waals surface area contributed by atoms with Gasteiger partial charge in [0, 0.05) is 38.6 Å². The van der Waals surface area contributed by atoms with E-state index >= 15 is 0 Å². The molecular formula is C26H29F3N6O3S2. The molecule has 40 heavy (non-hydrogen) atoms. The van der Waals surface area contributed by atoms with Gasteiger partial charge in [-0.1, -0.05) is 17.3 Å². The van der Waals surface area contributed by atoms with Crippen molar-refractivity contribution in [3.05, 3.63) is 48.2 Å². The van der Waals surface area contributed by atoms with Crippen LogP contribution in [0.3, 0.4) is 0 Å². The summed E-state index contributed by atoms with van der Waals surface area (Å²) in [7, 11) is 0.105. The monoisotopic (exact) mass is 594 g/mol. The highest BCUT2D eigenvalue weighted by Gasteiger charge is 2.36. The summed E-state index contributed by atoms with van der Waals surface area (Å²) < 4.78 is 71.0. The van der Waals surface area contributed by atoms with Crippen LogP contribution >= 0.6 is 11.3 Å². The van der Waals surface area contributed by atoms with Crippen molar-refractivity contribution in [3.63, 3.8) is 0 Å². The maximum atomic E-state index is 12.8. The van der Waals surface area contributed by atoms with Crippen LogP contribution in [0.2, 0.25) is 0 Å². The molecule has 0 bridgehead atoms. The number of alkyl halides is 3. The molecule has 1 aromatic carbocycles. The van der Waals surface area contributed by atoms with E-state index in [0.29, 0.717) is 18.4 Å². The van der Waals surface area contributed by atoms with Crippen molar-refractivity contribution in [1.82, 2.24) is 19.8 Å². The molecule has 214 valence electrons. The van der Waals surface area contributed by atoms with Crippen LogP contribution in [0.25, 0.3) is 21.5 Å². The lowest BCUT2D eigenvalue weighted by Crippen LogP contribution is -2.32. The normalized spacial score (nSPS) is 18.2. The summed E-state index contributed by atoms with van der Waals surface area (Å²) in [4.78, 5) is 11.6. The standard InChI is InChI=1S/C26H29F3N6O3S2/c1-35(2)24-18-5-3-4-6-19(18)32-25(33-24)30-14-16-7-9-17(10-8-16)15-31-40(36,37)23-12-11-21(39-23)20-13-22(38-34-20)26(27,28)29/h3-6,11-13,16-17,31H,7-10,14-15H2,1-2H3,(H,30,32,33)/t16-,17-. The zero-order valence-corrected chi connectivity index (χ0v) is 23.5. The maximum Gasteiger partial charge on any atom is 0.452 e. The molecule has 1 fully saturated rings. The first-order valence-electron chi connectivity index (χ1n) is 12.8. The van der Waals surface area contributed by atoms with Gasteiger partial charge >= 0.3 is 6.18 Å². The molecule has 0 spiro atoms. The molecule has 9 nitrogen and oxygen atoms in total. The largest absolute Gasteiger partial charge is 0.452 e. The van der Waals surface area contributed by atoms with Crippen molar-refractivity contribution < 1.29 is 26.1 Å². The van der Waals surface area contributed by atoms with E-state index in [1.807, 2.05) is 43.3 Å². The number of thiophene rings is 1. The molecule has 0 atom stereocenters. The Bertz CT molecular complexity index is 1580. The molecule has 2 N–H and O–H groups in total. The molecule has 0 radical (unpaired) electrons. The summed E-state index contributed by atoms with van der Waals surface area (Å²) >= 11 is 0.848. The number of hydrogen-bond donors (Lipinski definition) is 2. The van der Waals surface area contributed by atoms with Crippen LogP contribution in [0.1, 0.15) is 31.4 Å². The first-order chi connectivity index (χ1) is 19.0. The van der Waals surface area contributed by atoms with Gasteiger partial charge in [-0.15, -0.1) is 11.3 Å². The summed E-state index contributed by atoms with van der Waals surface area (Å²) in [5.74, 6) is 0.844. The topological polar surface area (TPSA) is 113 Å². The van der Waals surface area contributed by atoms with Crippen molar-refractivity contribution in [1.29, 1.82) is 0 Å². The minimum Gasteiger partial charge on any atom is -0.362 e. The smallest absolute Gasteiger partial charge is 0.362 e. The average Bonchev–Trinajstić information content (AvgIpc) is 3.62. The van der Waals surface area contributed by atoms with E-state index in [4.69, 9.17) is 0 Å². The van der Waals surface area contributed by atoms with Gasteiger partial charge in [-0.05, 0) is 61.8 Å². The Balaban J connectivity index is 1.12. The van der Waals surface area contributed by atoms with Crippen LogP contribution in [0, 0.1) is 11.8 Å². The van der Waals surface area contributed by atoms with E-state index in [0.717, 1.165) is 66.4 Å². The molecule has 14 heteroatoms. The summed E-state index contributed by atoms with van der Waals surface area (Å²) in [5.41, 5.74) is 0.822. The Morgan fingerprint density at radius 2 is 1.73 bits per heavy atom. The van der Waals surface area contributed by atoms with Gasteiger partial charge in [-0.25, -0.2) is 18.1 Å². The Labute approximate surface area is 233 Å². The van der Waals surface area contributed by atoms with Crippen LogP contribution in [0.5, 0.6) is 0 Å². The van der Waals surface area contributed by atoms with Crippen LogP contribution in [0.15, 0.2) is 51.2 Å². The second kappa shape index (κ2) is 11.3. The molecule has 0 unspecified atom stereocenters. The van der Waals surface area contributed by atoms with Crippen molar-refractivity contribution in [2.75, 3.05) is 37.4 Å². The fourth-order valence-corrected chi connectivity index (χ4v) is 7.20. The zero-order valence-electron chi connectivity index (χ0n) is 21.9. The number of fused-ring (bicyclic) bond motifs is 1. The number of aromatic nitrogens is 3. The number of para-hydroxylation sites is 1. The fourth-order valence-electron chi connectivity index (χ4n) is 4.78. The van der Waals surface area contributed by atoms with Gasteiger partial charge in [-0.2, -0.15) is 18.2 Å². The number of nitrogens with zero attached hydrogens (tertiary/aromatic N) is 4. The average molecular weight is 595 g/mol. The first kappa shape index (κ1) is 28.3. The van der Waals surface area contributed by atoms with Gasteiger partial charge < -0.3 is 14.7 Å².